The van der Waals surface area contributed by atoms with Gasteiger partial charge in [-0.1, -0.05) is 252 Å². The summed E-state index contributed by atoms with van der Waals surface area (Å²) in [5, 5.41) is 3.01. The first-order valence-corrected chi connectivity index (χ1v) is 34.2. The number of esters is 1. The number of phosphoric acid groups is 1. The summed E-state index contributed by atoms with van der Waals surface area (Å²) in [6.45, 7) is 6.67. The van der Waals surface area contributed by atoms with Gasteiger partial charge < -0.3 is 28.5 Å². The number of carbonyl (C=O) groups excluding carboxylic acids is 2. The normalized spacial score (nSPS) is 14.3. The van der Waals surface area contributed by atoms with Crippen LogP contribution in [-0.2, 0) is 27.9 Å². The van der Waals surface area contributed by atoms with Crippen LogP contribution in [-0.4, -0.2) is 69.4 Å². The van der Waals surface area contributed by atoms with Crippen molar-refractivity contribution in [2.45, 2.75) is 283 Å². The van der Waals surface area contributed by atoms with Gasteiger partial charge in [-0.15, -0.1) is 0 Å². The number of ether oxygens (including phenoxy) is 1. The Labute approximate surface area is 493 Å². The van der Waals surface area contributed by atoms with E-state index in [0.29, 0.717) is 17.4 Å². The number of rotatable bonds is 58. The van der Waals surface area contributed by atoms with Gasteiger partial charge in [-0.3, -0.25) is 14.2 Å². The molecule has 0 heterocycles. The van der Waals surface area contributed by atoms with Gasteiger partial charge in [0.1, 0.15) is 19.3 Å². The van der Waals surface area contributed by atoms with Crippen molar-refractivity contribution in [3.8, 4) is 0 Å². The molecule has 10 heteroatoms. The minimum Gasteiger partial charge on any atom is -0.756 e. The lowest BCUT2D eigenvalue weighted by Crippen LogP contribution is -2.47. The molecule has 0 fully saturated rings. The molecule has 3 unspecified atom stereocenters. The Morgan fingerprint density at radius 1 is 0.450 bits per heavy atom. The Kier molecular flexibility index (Phi) is 56.4. The van der Waals surface area contributed by atoms with E-state index in [0.717, 1.165) is 103 Å². The molecule has 0 aromatic heterocycles. The fourth-order valence-electron chi connectivity index (χ4n) is 8.91. The number of phosphoric ester groups is 1. The average Bonchev–Trinajstić information content (AvgIpc) is 3.42. The molecule has 0 saturated heterocycles. The number of allylic oxidation sites excluding steroid dienone is 17. The monoisotopic (exact) mass is 1130 g/mol. The van der Waals surface area contributed by atoms with Crippen molar-refractivity contribution >= 4 is 19.7 Å². The average molecular weight is 1140 g/mol. The zero-order chi connectivity index (χ0) is 58.6. The third kappa shape index (κ3) is 59.3. The highest BCUT2D eigenvalue weighted by Crippen LogP contribution is 2.38. The fraction of sp³-hybridized carbons (Fsp3) is 0.714. The van der Waals surface area contributed by atoms with Gasteiger partial charge in [0.05, 0.1) is 33.8 Å². The topological polar surface area (TPSA) is 114 Å². The van der Waals surface area contributed by atoms with E-state index in [1.807, 2.05) is 33.3 Å². The van der Waals surface area contributed by atoms with Crippen LogP contribution in [0.3, 0.4) is 0 Å². The molecule has 1 N–H and O–H groups in total. The molecule has 0 aromatic rings. The molecule has 0 aromatic carbocycles. The Bertz CT molecular complexity index is 1740. The molecule has 0 saturated carbocycles. The maximum absolute atomic E-state index is 13.5. The summed E-state index contributed by atoms with van der Waals surface area (Å²) in [7, 11) is 1.14. The Hall–Kier alpha value is -3.33. The van der Waals surface area contributed by atoms with E-state index in [2.05, 4.69) is 123 Å². The number of hydrogen-bond donors (Lipinski definition) is 1. The van der Waals surface area contributed by atoms with E-state index < -0.39 is 26.6 Å². The van der Waals surface area contributed by atoms with Gasteiger partial charge in [-0.05, 0) is 115 Å². The van der Waals surface area contributed by atoms with Gasteiger partial charge in [-0.25, -0.2) is 0 Å². The van der Waals surface area contributed by atoms with E-state index in [1.165, 1.54) is 128 Å². The third-order valence-corrected chi connectivity index (χ3v) is 14.9. The van der Waals surface area contributed by atoms with Crippen LogP contribution < -0.4 is 10.2 Å². The van der Waals surface area contributed by atoms with Crippen LogP contribution in [0.15, 0.2) is 109 Å². The summed E-state index contributed by atoms with van der Waals surface area (Å²) in [6.07, 6.45) is 80.6. The molecule has 0 spiro atoms. The summed E-state index contributed by atoms with van der Waals surface area (Å²) in [6, 6.07) is -0.919. The minimum absolute atomic E-state index is 0.0362. The number of nitrogens with one attached hydrogen (secondary N) is 1. The molecule has 0 radical (unpaired) electrons. The van der Waals surface area contributed by atoms with Crippen molar-refractivity contribution in [3.05, 3.63) is 109 Å². The van der Waals surface area contributed by atoms with Crippen LogP contribution in [0.4, 0.5) is 0 Å². The SMILES string of the molecule is CC/C=C\C/C=C\C/C=C\C/C=C\C/C=C\C/C=C\CCCCC(=O)NC(COP(=O)([O-])OCC[N+](C)(C)C)C(/C=C/CCCCCCCCCCCC)OC(=O)CCCCCCCCCCCCC/C=C\C/C=C\CCCCC. The van der Waals surface area contributed by atoms with Crippen LogP contribution in [0, 0.1) is 0 Å². The lowest BCUT2D eigenvalue weighted by Gasteiger charge is -2.30. The summed E-state index contributed by atoms with van der Waals surface area (Å²) in [5.74, 6) is -0.596. The van der Waals surface area contributed by atoms with Crippen LogP contribution in [0.25, 0.3) is 0 Å². The van der Waals surface area contributed by atoms with Gasteiger partial charge in [0.25, 0.3) is 7.82 Å². The third-order valence-electron chi connectivity index (χ3n) is 13.9. The minimum atomic E-state index is -4.72. The van der Waals surface area contributed by atoms with Crippen molar-refractivity contribution in [2.24, 2.45) is 0 Å². The summed E-state index contributed by atoms with van der Waals surface area (Å²) in [4.78, 5) is 40.1. The largest absolute Gasteiger partial charge is 0.756 e. The number of unbranched alkanes of at least 4 members (excludes halogenated alkanes) is 26. The molecule has 1 amide bonds. The Balaban J connectivity index is 5.28. The number of likely N-dealkylation sites (N-methyl/N-ethyl adjacent to an activating group) is 1. The van der Waals surface area contributed by atoms with Crippen LogP contribution >= 0.6 is 7.82 Å². The maximum atomic E-state index is 13.5. The Morgan fingerprint density at radius 2 is 0.800 bits per heavy atom. The van der Waals surface area contributed by atoms with Crippen molar-refractivity contribution in [2.75, 3.05) is 40.9 Å². The molecule has 0 rings (SSSR count). The van der Waals surface area contributed by atoms with E-state index in [9.17, 15) is 19.0 Å². The second-order valence-electron chi connectivity index (χ2n) is 22.9. The number of carbonyl (C=O) groups is 2. The lowest BCUT2D eigenvalue weighted by molar-refractivity contribution is -0.870. The molecular weight excluding hydrogens is 1010 g/mol. The van der Waals surface area contributed by atoms with Crippen LogP contribution in [0.5, 0.6) is 0 Å². The smallest absolute Gasteiger partial charge is 0.306 e. The van der Waals surface area contributed by atoms with E-state index in [-0.39, 0.29) is 31.3 Å². The highest BCUT2D eigenvalue weighted by molar-refractivity contribution is 7.45. The molecule has 0 aliphatic carbocycles. The molecule has 80 heavy (non-hydrogen) atoms. The highest BCUT2D eigenvalue weighted by Gasteiger charge is 2.27. The van der Waals surface area contributed by atoms with E-state index in [1.54, 1.807) is 0 Å². The van der Waals surface area contributed by atoms with Crippen molar-refractivity contribution in [1.82, 2.24) is 5.32 Å². The summed E-state index contributed by atoms with van der Waals surface area (Å²) < 4.78 is 30.3. The first-order chi connectivity index (χ1) is 38.9. The standard InChI is InChI=1S/C70H123N2O7P/c1-7-10-13-16-19-22-25-28-30-32-34-36-38-40-42-44-47-50-53-56-59-62-69(73)71-67(66-78-80(75,76)77-65-64-72(4,5)6)68(61-58-55-52-49-46-27-24-21-18-15-12-9-3)79-70(74)63-60-57-54-51-48-45-43-41-39-37-35-33-31-29-26-23-20-17-14-11-8-2/h10,13,19-20,22-23,28-31,34,36,40,42,47,50,58,61,67-68H,7-9,11-12,14-18,21,24-27,32-33,35,37-39,41,43-46,48-49,51-57,59-60,62-66H2,1-6H3,(H-,71,73,75,76)/b13-10-,22-19-,23-20-,30-28-,31-29-,36-34-,42-40-,50-47-,61-58+. The van der Waals surface area contributed by atoms with Crippen LogP contribution in [0.1, 0.15) is 271 Å². The second kappa shape index (κ2) is 58.9. The molecule has 0 aliphatic rings. The quantitative estimate of drug-likeness (QED) is 0.0212. The fourth-order valence-corrected chi connectivity index (χ4v) is 9.63. The molecule has 460 valence electrons. The summed E-state index contributed by atoms with van der Waals surface area (Å²) >= 11 is 0. The molecule has 3 atom stereocenters. The molecule has 0 bridgehead atoms. The van der Waals surface area contributed by atoms with Gasteiger partial charge in [0.2, 0.25) is 5.91 Å². The molecular formula is C70H123N2O7P. The number of quaternary nitrogens is 1. The van der Waals surface area contributed by atoms with Gasteiger partial charge in [-0.2, -0.15) is 0 Å². The number of hydrogen-bond acceptors (Lipinski definition) is 7. The second-order valence-corrected chi connectivity index (χ2v) is 24.3. The number of nitrogens with zero attached hydrogens (tertiary/aromatic N) is 1. The predicted molar refractivity (Wildman–Crippen MR) is 344 cm³/mol. The molecule has 0 aliphatic heterocycles. The van der Waals surface area contributed by atoms with Gasteiger partial charge in [0, 0.05) is 12.8 Å². The summed E-state index contributed by atoms with van der Waals surface area (Å²) in [5.41, 5.74) is 0. The highest BCUT2D eigenvalue weighted by atomic mass is 31.2. The first kappa shape index (κ1) is 76.7. The zero-order valence-electron chi connectivity index (χ0n) is 52.5. The van der Waals surface area contributed by atoms with Crippen molar-refractivity contribution in [1.29, 1.82) is 0 Å². The number of amides is 1. The van der Waals surface area contributed by atoms with E-state index in [4.69, 9.17) is 13.8 Å². The lowest BCUT2D eigenvalue weighted by atomic mass is 10.0. The molecule has 9 nitrogen and oxygen atoms in total. The maximum Gasteiger partial charge on any atom is 0.306 e. The van der Waals surface area contributed by atoms with Crippen molar-refractivity contribution < 1.29 is 37.3 Å². The Morgan fingerprint density at radius 3 is 1.24 bits per heavy atom. The van der Waals surface area contributed by atoms with Crippen LogP contribution in [0.2, 0.25) is 0 Å². The van der Waals surface area contributed by atoms with E-state index >= 15 is 0 Å². The first-order valence-electron chi connectivity index (χ1n) is 32.7. The van der Waals surface area contributed by atoms with Gasteiger partial charge >= 0.3 is 5.97 Å². The zero-order valence-corrected chi connectivity index (χ0v) is 53.4. The van der Waals surface area contributed by atoms with Gasteiger partial charge in [0.15, 0.2) is 0 Å². The predicted octanol–water partition coefficient (Wildman–Crippen LogP) is 19.9. The van der Waals surface area contributed by atoms with Crippen molar-refractivity contribution in [3.63, 3.8) is 0 Å².